The molecule has 2 amide bonds. The molecular formula is C7H14ClN3O. The number of nitrogens with zero attached hydrogens (tertiary/aromatic N) is 1. The standard InChI is InChI=1S/C7H13N3O.ClH/c8-7(11)10-2-1-5-3-9-4-6(5)10;/h5-6,9H,1-4H2,(H2,8,11);1H/t5-,6+;/m0./s1. The number of amides is 2. The lowest BCUT2D eigenvalue weighted by Gasteiger charge is -2.20. The van der Waals surface area contributed by atoms with Crippen molar-refractivity contribution in [1.82, 2.24) is 10.2 Å². The minimum atomic E-state index is -0.263. The topological polar surface area (TPSA) is 58.4 Å². The van der Waals surface area contributed by atoms with Crippen LogP contribution in [0.5, 0.6) is 0 Å². The molecule has 2 atom stereocenters. The van der Waals surface area contributed by atoms with Crippen LogP contribution in [0.3, 0.4) is 0 Å². The first-order chi connectivity index (χ1) is 5.29. The van der Waals surface area contributed by atoms with Gasteiger partial charge in [-0.2, -0.15) is 0 Å². The highest BCUT2D eigenvalue weighted by Crippen LogP contribution is 2.26. The lowest BCUT2D eigenvalue weighted by molar-refractivity contribution is 0.202. The molecule has 2 aliphatic rings. The second-order valence-corrected chi connectivity index (χ2v) is 3.31. The molecule has 12 heavy (non-hydrogen) atoms. The fraction of sp³-hybridized carbons (Fsp3) is 0.857. The Balaban J connectivity index is 0.000000720. The Morgan fingerprint density at radius 1 is 1.50 bits per heavy atom. The first-order valence-corrected chi connectivity index (χ1v) is 4.06. The number of primary amides is 1. The smallest absolute Gasteiger partial charge is 0.315 e. The van der Waals surface area contributed by atoms with E-state index in [-0.39, 0.29) is 18.4 Å². The maximum atomic E-state index is 10.9. The van der Waals surface area contributed by atoms with E-state index >= 15 is 0 Å². The number of urea groups is 1. The number of carbonyl (C=O) groups excluding carboxylic acids is 1. The van der Waals surface area contributed by atoms with Gasteiger partial charge in [-0.15, -0.1) is 12.4 Å². The first-order valence-electron chi connectivity index (χ1n) is 4.06. The molecule has 0 aromatic heterocycles. The van der Waals surface area contributed by atoms with Gasteiger partial charge in [0.25, 0.3) is 0 Å². The number of rotatable bonds is 0. The van der Waals surface area contributed by atoms with E-state index in [1.165, 1.54) is 0 Å². The summed E-state index contributed by atoms with van der Waals surface area (Å²) in [6, 6.07) is 0.119. The van der Waals surface area contributed by atoms with Crippen molar-refractivity contribution >= 4 is 18.4 Å². The van der Waals surface area contributed by atoms with Gasteiger partial charge in [0.1, 0.15) is 0 Å². The predicted octanol–water partition coefficient (Wildman–Crippen LogP) is -0.219. The van der Waals surface area contributed by atoms with Gasteiger partial charge < -0.3 is 16.0 Å². The van der Waals surface area contributed by atoms with Crippen LogP contribution in [-0.4, -0.2) is 36.6 Å². The Labute approximate surface area is 77.9 Å². The summed E-state index contributed by atoms with van der Waals surface area (Å²) in [5, 5.41) is 3.26. The Bertz CT molecular complexity index is 187. The Morgan fingerprint density at radius 2 is 2.25 bits per heavy atom. The minimum absolute atomic E-state index is 0. The highest BCUT2D eigenvalue weighted by atomic mass is 35.5. The zero-order chi connectivity index (χ0) is 7.84. The van der Waals surface area contributed by atoms with Crippen molar-refractivity contribution in [3.63, 3.8) is 0 Å². The third-order valence-electron chi connectivity index (χ3n) is 2.73. The fourth-order valence-electron chi connectivity index (χ4n) is 2.12. The molecule has 2 heterocycles. The molecule has 0 spiro atoms. The molecule has 0 bridgehead atoms. The summed E-state index contributed by atoms with van der Waals surface area (Å²) < 4.78 is 0. The van der Waals surface area contributed by atoms with Crippen LogP contribution in [0, 0.1) is 5.92 Å². The van der Waals surface area contributed by atoms with E-state index in [2.05, 4.69) is 5.32 Å². The molecule has 0 radical (unpaired) electrons. The van der Waals surface area contributed by atoms with Crippen molar-refractivity contribution in [2.75, 3.05) is 19.6 Å². The molecule has 0 aromatic rings. The molecule has 0 saturated carbocycles. The highest BCUT2D eigenvalue weighted by molar-refractivity contribution is 5.85. The number of halogens is 1. The van der Waals surface area contributed by atoms with E-state index in [9.17, 15) is 4.79 Å². The van der Waals surface area contributed by atoms with Gasteiger partial charge in [0.15, 0.2) is 0 Å². The number of carbonyl (C=O) groups is 1. The quantitative estimate of drug-likeness (QED) is 0.556. The zero-order valence-electron chi connectivity index (χ0n) is 6.82. The summed E-state index contributed by atoms with van der Waals surface area (Å²) in [6.45, 7) is 2.83. The van der Waals surface area contributed by atoms with Crippen LogP contribution in [-0.2, 0) is 0 Å². The molecule has 70 valence electrons. The Morgan fingerprint density at radius 3 is 2.92 bits per heavy atom. The van der Waals surface area contributed by atoms with Crippen molar-refractivity contribution in [3.8, 4) is 0 Å². The van der Waals surface area contributed by atoms with E-state index in [4.69, 9.17) is 5.73 Å². The molecule has 0 aromatic carbocycles. The average molecular weight is 192 g/mol. The van der Waals surface area contributed by atoms with E-state index in [0.717, 1.165) is 26.1 Å². The van der Waals surface area contributed by atoms with Crippen molar-refractivity contribution in [3.05, 3.63) is 0 Å². The van der Waals surface area contributed by atoms with Crippen molar-refractivity contribution in [2.45, 2.75) is 12.5 Å². The predicted molar refractivity (Wildman–Crippen MR) is 48.3 cm³/mol. The maximum Gasteiger partial charge on any atom is 0.315 e. The molecule has 2 aliphatic heterocycles. The van der Waals surface area contributed by atoms with Crippen LogP contribution in [0.4, 0.5) is 4.79 Å². The Hall–Kier alpha value is -0.480. The molecule has 3 N–H and O–H groups in total. The van der Waals surface area contributed by atoms with E-state index in [0.29, 0.717) is 12.0 Å². The van der Waals surface area contributed by atoms with Gasteiger partial charge in [-0.25, -0.2) is 4.79 Å². The van der Waals surface area contributed by atoms with Gasteiger partial charge in [0.05, 0.1) is 0 Å². The molecular weight excluding hydrogens is 178 g/mol. The van der Waals surface area contributed by atoms with Crippen molar-refractivity contribution < 1.29 is 4.79 Å². The number of nitrogens with one attached hydrogen (secondary N) is 1. The third-order valence-corrected chi connectivity index (χ3v) is 2.73. The fourth-order valence-corrected chi connectivity index (χ4v) is 2.12. The molecule has 5 heteroatoms. The first kappa shape index (κ1) is 9.61. The van der Waals surface area contributed by atoms with Gasteiger partial charge in [-0.3, -0.25) is 0 Å². The SMILES string of the molecule is Cl.NC(=O)N1CC[C@H]2CNC[C@H]21. The lowest BCUT2D eigenvalue weighted by atomic mass is 10.1. The maximum absolute atomic E-state index is 10.9. The number of hydrogen-bond donors (Lipinski definition) is 2. The second-order valence-electron chi connectivity index (χ2n) is 3.31. The van der Waals surface area contributed by atoms with Crippen LogP contribution in [0.1, 0.15) is 6.42 Å². The summed E-state index contributed by atoms with van der Waals surface area (Å²) in [5.74, 6) is 0.655. The third kappa shape index (κ3) is 1.36. The van der Waals surface area contributed by atoms with E-state index < -0.39 is 0 Å². The van der Waals surface area contributed by atoms with E-state index in [1.54, 1.807) is 4.90 Å². The normalized spacial score (nSPS) is 32.8. The number of likely N-dealkylation sites (tertiary alicyclic amines) is 1. The van der Waals surface area contributed by atoms with Gasteiger partial charge in [-0.05, 0) is 12.3 Å². The summed E-state index contributed by atoms with van der Waals surface area (Å²) >= 11 is 0. The monoisotopic (exact) mass is 191 g/mol. The molecule has 2 fully saturated rings. The average Bonchev–Trinajstić information content (AvgIpc) is 2.41. The summed E-state index contributed by atoms with van der Waals surface area (Å²) in [5.41, 5.74) is 5.21. The zero-order valence-corrected chi connectivity index (χ0v) is 7.64. The number of nitrogens with two attached hydrogens (primary N) is 1. The summed E-state index contributed by atoms with van der Waals surface area (Å²) in [4.78, 5) is 12.6. The van der Waals surface area contributed by atoms with Crippen LogP contribution in [0.15, 0.2) is 0 Å². The highest BCUT2D eigenvalue weighted by Gasteiger charge is 2.38. The Kier molecular flexibility index (Phi) is 2.80. The van der Waals surface area contributed by atoms with Gasteiger partial charge in [0.2, 0.25) is 0 Å². The molecule has 0 unspecified atom stereocenters. The summed E-state index contributed by atoms with van der Waals surface area (Å²) in [7, 11) is 0. The van der Waals surface area contributed by atoms with Crippen LogP contribution in [0.2, 0.25) is 0 Å². The largest absolute Gasteiger partial charge is 0.351 e. The van der Waals surface area contributed by atoms with E-state index in [1.807, 2.05) is 0 Å². The summed E-state index contributed by atoms with van der Waals surface area (Å²) in [6.07, 6.45) is 1.11. The van der Waals surface area contributed by atoms with Gasteiger partial charge >= 0.3 is 6.03 Å². The van der Waals surface area contributed by atoms with Crippen LogP contribution in [0.25, 0.3) is 0 Å². The van der Waals surface area contributed by atoms with Gasteiger partial charge in [-0.1, -0.05) is 0 Å². The lowest BCUT2D eigenvalue weighted by Crippen LogP contribution is -2.42. The number of hydrogen-bond acceptors (Lipinski definition) is 2. The molecule has 2 rings (SSSR count). The molecule has 4 nitrogen and oxygen atoms in total. The van der Waals surface area contributed by atoms with Crippen LogP contribution >= 0.6 is 12.4 Å². The number of fused-ring (bicyclic) bond motifs is 1. The minimum Gasteiger partial charge on any atom is -0.351 e. The van der Waals surface area contributed by atoms with Crippen molar-refractivity contribution in [1.29, 1.82) is 0 Å². The van der Waals surface area contributed by atoms with Crippen LogP contribution < -0.4 is 11.1 Å². The molecule has 2 saturated heterocycles. The van der Waals surface area contributed by atoms with Gasteiger partial charge in [0, 0.05) is 25.7 Å². The van der Waals surface area contributed by atoms with Crippen molar-refractivity contribution in [2.24, 2.45) is 11.7 Å². The molecule has 0 aliphatic carbocycles. The second kappa shape index (κ2) is 3.49.